The summed E-state index contributed by atoms with van der Waals surface area (Å²) in [6, 6.07) is 61.9. The van der Waals surface area contributed by atoms with Gasteiger partial charge in [0.25, 0.3) is 0 Å². The van der Waals surface area contributed by atoms with Crippen LogP contribution in [0.15, 0.2) is 182 Å². The van der Waals surface area contributed by atoms with Crippen LogP contribution in [0.1, 0.15) is 0 Å². The van der Waals surface area contributed by atoms with E-state index in [0.717, 1.165) is 77.7 Å². The van der Waals surface area contributed by atoms with Crippen LogP contribution in [-0.2, 0) is 0 Å². The zero-order valence-electron chi connectivity index (χ0n) is 27.6. The van der Waals surface area contributed by atoms with Crippen LogP contribution in [0.3, 0.4) is 0 Å². The number of hydrogen-bond acceptors (Lipinski definition) is 4. The highest BCUT2D eigenvalue weighted by atomic mass is 15.1. The molecule has 238 valence electrons. The topological polar surface area (TPSA) is 41.9 Å². The van der Waals surface area contributed by atoms with Crippen molar-refractivity contribution in [2.24, 2.45) is 0 Å². The molecule has 51 heavy (non-hydrogen) atoms. The molecule has 3 aromatic heterocycles. The lowest BCUT2D eigenvalue weighted by Crippen LogP contribution is -2.09. The zero-order chi connectivity index (χ0) is 33.7. The van der Waals surface area contributed by atoms with Crippen molar-refractivity contribution in [2.45, 2.75) is 0 Å². The van der Waals surface area contributed by atoms with Gasteiger partial charge in [0, 0.05) is 61.3 Å². The molecule has 0 aliphatic rings. The molecule has 0 fully saturated rings. The summed E-state index contributed by atoms with van der Waals surface area (Å²) in [6.45, 7) is 0. The van der Waals surface area contributed by atoms with E-state index in [1.54, 1.807) is 0 Å². The van der Waals surface area contributed by atoms with Gasteiger partial charge >= 0.3 is 0 Å². The normalized spacial score (nSPS) is 11.5. The minimum absolute atomic E-state index is 0.919. The van der Waals surface area contributed by atoms with Crippen LogP contribution in [-0.4, -0.2) is 15.0 Å². The van der Waals surface area contributed by atoms with Crippen LogP contribution in [0.5, 0.6) is 0 Å². The third-order valence-electron chi connectivity index (χ3n) is 9.84. The highest BCUT2D eigenvalue weighted by molar-refractivity contribution is 6.23. The van der Waals surface area contributed by atoms with E-state index in [-0.39, 0.29) is 0 Å². The van der Waals surface area contributed by atoms with Crippen LogP contribution in [0, 0.1) is 0 Å². The maximum absolute atomic E-state index is 5.28. The summed E-state index contributed by atoms with van der Waals surface area (Å²) in [6.07, 6.45) is 1.84. The number of para-hydroxylation sites is 3. The molecule has 0 radical (unpaired) electrons. The van der Waals surface area contributed by atoms with Crippen molar-refractivity contribution in [3.8, 4) is 22.5 Å². The predicted octanol–water partition coefficient (Wildman–Crippen LogP) is 12.4. The zero-order valence-corrected chi connectivity index (χ0v) is 27.6. The van der Waals surface area contributed by atoms with Gasteiger partial charge in [-0.1, -0.05) is 115 Å². The minimum Gasteiger partial charge on any atom is -0.311 e. The molecule has 0 aliphatic heterocycles. The SMILES string of the molecule is c1ccc(N(c2ccccc2)c2ccc(-c3nc4ccccc4c4c3ccc3ccc(-c5ccc6ccc7cccnc7c6n5)cc34)cc2)cc1. The van der Waals surface area contributed by atoms with Gasteiger partial charge in [0.2, 0.25) is 0 Å². The molecule has 7 aromatic carbocycles. The average molecular weight is 651 g/mol. The van der Waals surface area contributed by atoms with Crippen molar-refractivity contribution in [1.29, 1.82) is 0 Å². The van der Waals surface area contributed by atoms with Crippen LogP contribution in [0.4, 0.5) is 17.1 Å². The maximum Gasteiger partial charge on any atom is 0.0972 e. The van der Waals surface area contributed by atoms with E-state index in [0.29, 0.717) is 0 Å². The van der Waals surface area contributed by atoms with Crippen molar-refractivity contribution in [1.82, 2.24) is 15.0 Å². The fourth-order valence-electron chi connectivity index (χ4n) is 7.40. The first-order valence-electron chi connectivity index (χ1n) is 17.2. The second-order valence-corrected chi connectivity index (χ2v) is 12.9. The molecular weight excluding hydrogens is 621 g/mol. The standard InChI is InChI=1S/C47H30N4/c1-3-11-36(12-4-1)51(37-13-5-2-6-14-37)38-25-21-33(22-26-38)45-40-27-23-31-17-20-35(30-41(31)44(40)39-15-7-8-16-43(39)50-45)42-28-24-34-19-18-32-10-9-29-48-46(32)47(34)49-42/h1-30H. The van der Waals surface area contributed by atoms with Crippen molar-refractivity contribution in [3.63, 3.8) is 0 Å². The number of fused-ring (bicyclic) bond motifs is 8. The molecule has 0 saturated carbocycles. The fraction of sp³-hybridized carbons (Fsp3) is 0. The van der Waals surface area contributed by atoms with Gasteiger partial charge in [0.15, 0.2) is 0 Å². The maximum atomic E-state index is 5.28. The van der Waals surface area contributed by atoms with E-state index in [2.05, 4.69) is 180 Å². The summed E-state index contributed by atoms with van der Waals surface area (Å²) >= 11 is 0. The van der Waals surface area contributed by atoms with Crippen molar-refractivity contribution < 1.29 is 0 Å². The molecular formula is C47H30N4. The summed E-state index contributed by atoms with van der Waals surface area (Å²) in [7, 11) is 0. The number of aromatic nitrogens is 3. The number of nitrogens with zero attached hydrogens (tertiary/aromatic N) is 4. The molecule has 0 spiro atoms. The van der Waals surface area contributed by atoms with Crippen LogP contribution < -0.4 is 4.90 Å². The van der Waals surface area contributed by atoms with E-state index in [4.69, 9.17) is 9.97 Å². The monoisotopic (exact) mass is 650 g/mol. The molecule has 10 rings (SSSR count). The highest BCUT2D eigenvalue weighted by Gasteiger charge is 2.16. The molecule has 10 aromatic rings. The Kier molecular flexibility index (Phi) is 6.78. The first kappa shape index (κ1) is 29.0. The Balaban J connectivity index is 1.14. The molecule has 4 heteroatoms. The lowest BCUT2D eigenvalue weighted by Gasteiger charge is -2.25. The van der Waals surface area contributed by atoms with Crippen LogP contribution >= 0.6 is 0 Å². The molecule has 0 aliphatic carbocycles. The van der Waals surface area contributed by atoms with E-state index < -0.39 is 0 Å². The first-order valence-corrected chi connectivity index (χ1v) is 17.2. The first-order chi connectivity index (χ1) is 25.3. The Labute approximate surface area is 294 Å². The van der Waals surface area contributed by atoms with Crippen molar-refractivity contribution in [2.75, 3.05) is 4.90 Å². The highest BCUT2D eigenvalue weighted by Crippen LogP contribution is 2.40. The molecule has 0 N–H and O–H groups in total. The summed E-state index contributed by atoms with van der Waals surface area (Å²) < 4.78 is 0. The van der Waals surface area contributed by atoms with Gasteiger partial charge in [-0.05, 0) is 71.4 Å². The Morgan fingerprint density at radius 3 is 1.80 bits per heavy atom. The van der Waals surface area contributed by atoms with E-state index in [1.165, 1.54) is 16.2 Å². The van der Waals surface area contributed by atoms with Gasteiger partial charge in [0.1, 0.15) is 0 Å². The number of benzene rings is 7. The number of rotatable bonds is 5. The van der Waals surface area contributed by atoms with Gasteiger partial charge in [-0.2, -0.15) is 0 Å². The minimum atomic E-state index is 0.919. The van der Waals surface area contributed by atoms with Gasteiger partial charge in [-0.15, -0.1) is 0 Å². The lowest BCUT2D eigenvalue weighted by atomic mass is 9.93. The third-order valence-corrected chi connectivity index (χ3v) is 9.84. The molecule has 4 nitrogen and oxygen atoms in total. The average Bonchev–Trinajstić information content (AvgIpc) is 3.21. The Hall–Kier alpha value is -6.91. The Morgan fingerprint density at radius 2 is 1.02 bits per heavy atom. The smallest absolute Gasteiger partial charge is 0.0972 e. The van der Waals surface area contributed by atoms with Crippen LogP contribution in [0.25, 0.3) is 76.8 Å². The number of hydrogen-bond donors (Lipinski definition) is 0. The molecule has 0 amide bonds. The number of anilines is 3. The van der Waals surface area contributed by atoms with Crippen LogP contribution in [0.2, 0.25) is 0 Å². The number of pyridine rings is 3. The lowest BCUT2D eigenvalue weighted by molar-refractivity contribution is 1.28. The Bertz CT molecular complexity index is 2860. The van der Waals surface area contributed by atoms with E-state index in [9.17, 15) is 0 Å². The quantitative estimate of drug-likeness (QED) is 0.174. The summed E-state index contributed by atoms with van der Waals surface area (Å²) in [5, 5.41) is 7.98. The van der Waals surface area contributed by atoms with E-state index in [1.807, 2.05) is 12.3 Å². The van der Waals surface area contributed by atoms with E-state index >= 15 is 0 Å². The Morgan fingerprint density at radius 1 is 0.392 bits per heavy atom. The van der Waals surface area contributed by atoms with Gasteiger partial charge in [-0.3, -0.25) is 4.98 Å². The second-order valence-electron chi connectivity index (χ2n) is 12.9. The molecule has 0 saturated heterocycles. The van der Waals surface area contributed by atoms with Gasteiger partial charge < -0.3 is 4.90 Å². The summed E-state index contributed by atoms with van der Waals surface area (Å²) in [5.74, 6) is 0. The summed E-state index contributed by atoms with van der Waals surface area (Å²) in [5.41, 5.74) is 10.1. The predicted molar refractivity (Wildman–Crippen MR) is 213 cm³/mol. The molecule has 3 heterocycles. The molecule has 0 atom stereocenters. The fourth-order valence-corrected chi connectivity index (χ4v) is 7.40. The summed E-state index contributed by atoms with van der Waals surface area (Å²) in [4.78, 5) is 17.4. The largest absolute Gasteiger partial charge is 0.311 e. The molecule has 0 unspecified atom stereocenters. The molecule has 0 bridgehead atoms. The third kappa shape index (κ3) is 4.96. The van der Waals surface area contributed by atoms with Gasteiger partial charge in [0.05, 0.1) is 27.9 Å². The van der Waals surface area contributed by atoms with Gasteiger partial charge in [-0.25, -0.2) is 9.97 Å². The van der Waals surface area contributed by atoms with Crippen molar-refractivity contribution >= 4 is 71.3 Å². The second kappa shape index (κ2) is 11.9. The van der Waals surface area contributed by atoms with Crippen molar-refractivity contribution in [3.05, 3.63) is 182 Å².